The van der Waals surface area contributed by atoms with Crippen LogP contribution in [0.25, 0.3) is 0 Å². The van der Waals surface area contributed by atoms with E-state index in [9.17, 15) is 13.2 Å². The normalized spacial score (nSPS) is 11.5. The molecule has 8 heteroatoms. The van der Waals surface area contributed by atoms with Gasteiger partial charge in [0.25, 0.3) is 5.91 Å². The number of ether oxygens (including phenoxy) is 1. The van der Waals surface area contributed by atoms with Crippen LogP contribution in [-0.4, -0.2) is 27.1 Å². The lowest BCUT2D eigenvalue weighted by molar-refractivity contribution is -0.119. The Hall–Kier alpha value is -2.71. The molecule has 23 heavy (non-hydrogen) atoms. The number of aliphatic imine (C=N–C) groups is 1. The van der Waals surface area contributed by atoms with Crippen molar-refractivity contribution in [2.75, 3.05) is 6.61 Å². The van der Waals surface area contributed by atoms with Gasteiger partial charge in [0.05, 0.1) is 10.6 Å². The Morgan fingerprint density at radius 1 is 1.09 bits per heavy atom. The Morgan fingerprint density at radius 2 is 1.70 bits per heavy atom. The maximum absolute atomic E-state index is 11.1. The number of amides is 1. The minimum absolute atomic E-state index is 0.0346. The van der Waals surface area contributed by atoms with E-state index in [2.05, 4.69) is 4.99 Å². The number of nitrogens with two attached hydrogens (primary N) is 2. The number of carbonyl (C=O) groups is 1. The number of hydrogen-bond donors (Lipinski definition) is 2. The Kier molecular flexibility index (Phi) is 5.09. The van der Waals surface area contributed by atoms with Crippen LogP contribution in [0.15, 0.2) is 58.4 Å². The van der Waals surface area contributed by atoms with Crippen molar-refractivity contribution in [3.05, 3.63) is 54.1 Å². The number of sulfonamides is 1. The maximum atomic E-state index is 11.1. The van der Waals surface area contributed by atoms with Gasteiger partial charge in [-0.3, -0.25) is 9.79 Å². The molecule has 2 aromatic carbocycles. The van der Waals surface area contributed by atoms with Gasteiger partial charge in [0, 0.05) is 6.21 Å². The van der Waals surface area contributed by atoms with Gasteiger partial charge in [-0.15, -0.1) is 0 Å². The molecule has 0 unspecified atom stereocenters. The average Bonchev–Trinajstić information content (AvgIpc) is 2.51. The van der Waals surface area contributed by atoms with Crippen molar-refractivity contribution in [1.29, 1.82) is 0 Å². The summed E-state index contributed by atoms with van der Waals surface area (Å²) in [7, 11) is -3.70. The summed E-state index contributed by atoms with van der Waals surface area (Å²) >= 11 is 0. The SMILES string of the molecule is NC(=O)COc1ccc(C=Nc2ccc(S(N)(=O)=O)cc2)cc1. The Morgan fingerprint density at radius 3 is 2.22 bits per heavy atom. The largest absolute Gasteiger partial charge is 0.484 e. The molecular weight excluding hydrogens is 318 g/mol. The second-order valence-electron chi connectivity index (χ2n) is 4.62. The standard InChI is InChI=1S/C15H15N3O4S/c16-15(19)10-22-13-5-1-11(2-6-13)9-18-12-3-7-14(8-4-12)23(17,20)21/h1-9H,10H2,(H2,16,19)(H2,17,20,21). The Bertz CT molecular complexity index is 813. The molecule has 0 radical (unpaired) electrons. The summed E-state index contributed by atoms with van der Waals surface area (Å²) in [4.78, 5) is 14.9. The number of primary sulfonamides is 1. The molecule has 0 heterocycles. The Balaban J connectivity index is 2.04. The zero-order valence-corrected chi connectivity index (χ0v) is 12.9. The fourth-order valence-corrected chi connectivity index (χ4v) is 2.19. The number of rotatable bonds is 6. The summed E-state index contributed by atoms with van der Waals surface area (Å²) in [6, 6.07) is 12.8. The maximum Gasteiger partial charge on any atom is 0.255 e. The topological polar surface area (TPSA) is 125 Å². The van der Waals surface area contributed by atoms with Crippen molar-refractivity contribution >= 4 is 27.8 Å². The van der Waals surface area contributed by atoms with Gasteiger partial charge in [-0.1, -0.05) is 0 Å². The van der Waals surface area contributed by atoms with Crippen LogP contribution in [0.5, 0.6) is 5.75 Å². The molecule has 0 saturated carbocycles. The molecule has 120 valence electrons. The third kappa shape index (κ3) is 5.20. The molecule has 0 atom stereocenters. The van der Waals surface area contributed by atoms with E-state index in [-0.39, 0.29) is 11.5 Å². The van der Waals surface area contributed by atoms with E-state index in [0.29, 0.717) is 11.4 Å². The molecule has 0 aliphatic rings. The molecule has 2 aromatic rings. The van der Waals surface area contributed by atoms with Gasteiger partial charge in [-0.25, -0.2) is 13.6 Å². The summed E-state index contributed by atoms with van der Waals surface area (Å²) in [5.74, 6) is -0.0166. The number of carbonyl (C=O) groups excluding carboxylic acids is 1. The molecule has 1 amide bonds. The molecule has 4 N–H and O–H groups in total. The van der Waals surface area contributed by atoms with Crippen LogP contribution < -0.4 is 15.6 Å². The number of nitrogens with zero attached hydrogens (tertiary/aromatic N) is 1. The average molecular weight is 333 g/mol. The fourth-order valence-electron chi connectivity index (χ4n) is 1.68. The quantitative estimate of drug-likeness (QED) is 0.763. The smallest absolute Gasteiger partial charge is 0.255 e. The zero-order valence-electron chi connectivity index (χ0n) is 12.0. The van der Waals surface area contributed by atoms with Crippen LogP contribution in [-0.2, 0) is 14.8 Å². The number of primary amides is 1. The van der Waals surface area contributed by atoms with Crippen LogP contribution in [0.4, 0.5) is 5.69 Å². The van der Waals surface area contributed by atoms with E-state index < -0.39 is 15.9 Å². The minimum Gasteiger partial charge on any atom is -0.484 e. The molecule has 7 nitrogen and oxygen atoms in total. The highest BCUT2D eigenvalue weighted by molar-refractivity contribution is 7.89. The lowest BCUT2D eigenvalue weighted by Gasteiger charge is -2.03. The third-order valence-corrected chi connectivity index (χ3v) is 3.72. The van der Waals surface area contributed by atoms with Crippen molar-refractivity contribution in [3.8, 4) is 5.75 Å². The number of hydrogen-bond acceptors (Lipinski definition) is 5. The van der Waals surface area contributed by atoms with Gasteiger partial charge in [-0.05, 0) is 54.1 Å². The van der Waals surface area contributed by atoms with Crippen molar-refractivity contribution < 1.29 is 17.9 Å². The van der Waals surface area contributed by atoms with E-state index in [1.54, 1.807) is 42.6 Å². The predicted octanol–water partition coefficient (Wildman–Crippen LogP) is 0.949. The van der Waals surface area contributed by atoms with Crippen molar-refractivity contribution in [2.45, 2.75) is 4.90 Å². The third-order valence-electron chi connectivity index (χ3n) is 2.79. The van der Waals surface area contributed by atoms with Gasteiger partial charge in [0.2, 0.25) is 10.0 Å². The Labute approximate surface area is 133 Å². The van der Waals surface area contributed by atoms with E-state index in [0.717, 1.165) is 5.56 Å². The van der Waals surface area contributed by atoms with Crippen LogP contribution in [0.2, 0.25) is 0 Å². The lowest BCUT2D eigenvalue weighted by Crippen LogP contribution is -2.19. The minimum atomic E-state index is -3.70. The van der Waals surface area contributed by atoms with Gasteiger partial charge < -0.3 is 10.5 Å². The van der Waals surface area contributed by atoms with Crippen LogP contribution in [0.1, 0.15) is 5.56 Å². The first kappa shape index (κ1) is 16.7. The predicted molar refractivity (Wildman–Crippen MR) is 86.2 cm³/mol. The molecule has 0 fully saturated rings. The summed E-state index contributed by atoms with van der Waals surface area (Å²) in [6.45, 7) is -0.177. The van der Waals surface area contributed by atoms with E-state index >= 15 is 0 Å². The van der Waals surface area contributed by atoms with Crippen molar-refractivity contribution in [1.82, 2.24) is 0 Å². The molecule has 0 aromatic heterocycles. The van der Waals surface area contributed by atoms with Gasteiger partial charge in [0.1, 0.15) is 5.75 Å². The van der Waals surface area contributed by atoms with Crippen LogP contribution in [0.3, 0.4) is 0 Å². The first-order valence-electron chi connectivity index (χ1n) is 6.53. The van der Waals surface area contributed by atoms with E-state index in [1.165, 1.54) is 12.1 Å². The molecular formula is C15H15N3O4S. The summed E-state index contributed by atoms with van der Waals surface area (Å²) in [6.07, 6.45) is 1.61. The van der Waals surface area contributed by atoms with E-state index in [4.69, 9.17) is 15.6 Å². The molecule has 0 aliphatic heterocycles. The molecule has 0 aliphatic carbocycles. The second-order valence-corrected chi connectivity index (χ2v) is 6.18. The zero-order chi connectivity index (χ0) is 16.9. The highest BCUT2D eigenvalue weighted by Gasteiger charge is 2.06. The first-order chi connectivity index (χ1) is 10.8. The van der Waals surface area contributed by atoms with Crippen molar-refractivity contribution in [3.63, 3.8) is 0 Å². The van der Waals surface area contributed by atoms with Gasteiger partial charge >= 0.3 is 0 Å². The fraction of sp³-hybridized carbons (Fsp3) is 0.0667. The molecule has 0 bridgehead atoms. The molecule has 0 spiro atoms. The lowest BCUT2D eigenvalue weighted by atomic mass is 10.2. The van der Waals surface area contributed by atoms with Crippen LogP contribution in [0, 0.1) is 0 Å². The highest BCUT2D eigenvalue weighted by atomic mass is 32.2. The summed E-state index contributed by atoms with van der Waals surface area (Å²) in [5.41, 5.74) is 6.39. The first-order valence-corrected chi connectivity index (χ1v) is 8.07. The summed E-state index contributed by atoms with van der Waals surface area (Å²) in [5, 5.41) is 5.02. The van der Waals surface area contributed by atoms with E-state index in [1.807, 2.05) is 0 Å². The second kappa shape index (κ2) is 7.03. The molecule has 0 saturated heterocycles. The van der Waals surface area contributed by atoms with Gasteiger partial charge in [0.15, 0.2) is 6.61 Å². The van der Waals surface area contributed by atoms with Crippen LogP contribution >= 0.6 is 0 Å². The molecule has 2 rings (SSSR count). The number of benzene rings is 2. The summed E-state index contributed by atoms with van der Waals surface area (Å²) < 4.78 is 27.4. The monoisotopic (exact) mass is 333 g/mol. The van der Waals surface area contributed by atoms with Crippen molar-refractivity contribution in [2.24, 2.45) is 15.9 Å². The highest BCUT2D eigenvalue weighted by Crippen LogP contribution is 2.16. The van der Waals surface area contributed by atoms with Gasteiger partial charge in [-0.2, -0.15) is 0 Å².